The molecule has 0 aliphatic carbocycles. The Morgan fingerprint density at radius 2 is 2.20 bits per heavy atom. The van der Waals surface area contributed by atoms with E-state index < -0.39 is 0 Å². The van der Waals surface area contributed by atoms with Crippen molar-refractivity contribution in [2.75, 3.05) is 7.05 Å². The van der Waals surface area contributed by atoms with Crippen molar-refractivity contribution in [1.82, 2.24) is 5.32 Å². The van der Waals surface area contributed by atoms with Gasteiger partial charge in [-0.1, -0.05) is 31.4 Å². The molecule has 2 heteroatoms. The van der Waals surface area contributed by atoms with Crippen LogP contribution in [0, 0.1) is 0 Å². The minimum absolute atomic E-state index is 0.168. The summed E-state index contributed by atoms with van der Waals surface area (Å²) in [5.41, 5.74) is 0.433. The normalized spacial score (nSPS) is 9.30. The van der Waals surface area contributed by atoms with Crippen LogP contribution in [0.3, 0.4) is 0 Å². The van der Waals surface area contributed by atoms with Gasteiger partial charge in [-0.05, 0) is 0 Å². The molecule has 0 rings (SSSR count). The first kappa shape index (κ1) is 8.69. The zero-order chi connectivity index (χ0) is 7.98. The Morgan fingerprint density at radius 1 is 1.60 bits per heavy atom. The van der Waals surface area contributed by atoms with Crippen LogP contribution >= 0.6 is 0 Å². The Balaban J connectivity index is 3.97. The van der Waals surface area contributed by atoms with Crippen LogP contribution in [-0.2, 0) is 4.79 Å². The number of hydrogen-bond donors (Lipinski definition) is 1. The van der Waals surface area contributed by atoms with E-state index >= 15 is 0 Å². The molecule has 0 heterocycles. The molecule has 0 radical (unpaired) electrons. The van der Waals surface area contributed by atoms with Crippen LogP contribution in [0.25, 0.3) is 0 Å². The van der Waals surface area contributed by atoms with Crippen LogP contribution in [0.5, 0.6) is 0 Å². The number of amides is 1. The van der Waals surface area contributed by atoms with Gasteiger partial charge >= 0.3 is 0 Å². The van der Waals surface area contributed by atoms with E-state index in [1.165, 1.54) is 0 Å². The maximum atomic E-state index is 10.7. The van der Waals surface area contributed by atoms with Gasteiger partial charge in [0.25, 0.3) is 0 Å². The third-order valence-electron chi connectivity index (χ3n) is 0.952. The molecule has 54 valence electrons. The van der Waals surface area contributed by atoms with Gasteiger partial charge in [0.05, 0.1) is 0 Å². The van der Waals surface area contributed by atoms with Crippen LogP contribution in [0.4, 0.5) is 0 Å². The molecule has 0 aromatic rings. The van der Waals surface area contributed by atoms with Crippen LogP contribution in [-0.4, -0.2) is 13.0 Å². The number of carbonyl (C=O) groups excluding carboxylic acids is 1. The highest BCUT2D eigenvalue weighted by atomic mass is 16.1. The Morgan fingerprint density at radius 3 is 2.60 bits per heavy atom. The van der Waals surface area contributed by atoms with Crippen molar-refractivity contribution >= 4 is 5.91 Å². The van der Waals surface area contributed by atoms with Crippen molar-refractivity contribution in [2.45, 2.75) is 0 Å². The molecule has 0 saturated heterocycles. The first-order chi connectivity index (χ1) is 4.72. The molecule has 0 atom stereocenters. The average molecular weight is 137 g/mol. The summed E-state index contributed by atoms with van der Waals surface area (Å²) in [6.07, 6.45) is 4.86. The van der Waals surface area contributed by atoms with E-state index in [0.29, 0.717) is 5.57 Å². The van der Waals surface area contributed by atoms with Gasteiger partial charge in [-0.15, -0.1) is 0 Å². The molecule has 0 saturated carbocycles. The maximum absolute atomic E-state index is 10.7. The SMILES string of the molecule is C=C/C=C\C(=C)C(=O)NC. The number of hydrogen-bond acceptors (Lipinski definition) is 1. The van der Waals surface area contributed by atoms with Gasteiger partial charge in [0, 0.05) is 12.6 Å². The lowest BCUT2D eigenvalue weighted by molar-refractivity contribution is -0.116. The zero-order valence-corrected chi connectivity index (χ0v) is 6.05. The standard InChI is InChI=1S/C8H11NO/c1-4-5-6-7(2)8(10)9-3/h4-6H,1-2H2,3H3,(H,9,10)/b6-5-. The lowest BCUT2D eigenvalue weighted by atomic mass is 10.2. The molecule has 0 aromatic heterocycles. The van der Waals surface area contributed by atoms with Crippen molar-refractivity contribution in [3.8, 4) is 0 Å². The third-order valence-corrected chi connectivity index (χ3v) is 0.952. The Bertz CT molecular complexity index is 180. The summed E-state index contributed by atoms with van der Waals surface area (Å²) in [5.74, 6) is -0.168. The quantitative estimate of drug-likeness (QED) is 0.457. The molecule has 0 spiro atoms. The van der Waals surface area contributed by atoms with Crippen LogP contribution in [0.15, 0.2) is 37.0 Å². The predicted molar refractivity (Wildman–Crippen MR) is 42.5 cm³/mol. The number of nitrogens with one attached hydrogen (secondary N) is 1. The molecule has 0 bridgehead atoms. The number of carbonyl (C=O) groups is 1. The van der Waals surface area contributed by atoms with Gasteiger partial charge in [0.15, 0.2) is 0 Å². The number of allylic oxidation sites excluding steroid dienone is 2. The smallest absolute Gasteiger partial charge is 0.250 e. The average Bonchev–Trinajstić information content (AvgIpc) is 1.98. The van der Waals surface area contributed by atoms with Crippen molar-refractivity contribution in [2.24, 2.45) is 0 Å². The van der Waals surface area contributed by atoms with E-state index in [4.69, 9.17) is 0 Å². The first-order valence-corrected chi connectivity index (χ1v) is 2.92. The summed E-state index contributed by atoms with van der Waals surface area (Å²) in [4.78, 5) is 10.7. The summed E-state index contributed by atoms with van der Waals surface area (Å²) < 4.78 is 0. The molecule has 1 amide bonds. The van der Waals surface area contributed by atoms with Gasteiger partial charge in [-0.3, -0.25) is 4.79 Å². The molecular weight excluding hydrogens is 126 g/mol. The minimum atomic E-state index is -0.168. The fourth-order valence-corrected chi connectivity index (χ4v) is 0.420. The van der Waals surface area contributed by atoms with Gasteiger partial charge < -0.3 is 5.32 Å². The Hall–Kier alpha value is -1.31. The molecule has 1 N–H and O–H groups in total. The molecule has 0 aliphatic heterocycles. The lowest BCUT2D eigenvalue weighted by Crippen LogP contribution is -2.18. The Labute approximate surface area is 60.9 Å². The summed E-state index contributed by atoms with van der Waals surface area (Å²) >= 11 is 0. The first-order valence-electron chi connectivity index (χ1n) is 2.92. The summed E-state index contributed by atoms with van der Waals surface area (Å²) in [6, 6.07) is 0. The molecule has 10 heavy (non-hydrogen) atoms. The van der Waals surface area contributed by atoms with Gasteiger partial charge in [-0.25, -0.2) is 0 Å². The Kier molecular flexibility index (Phi) is 3.96. The minimum Gasteiger partial charge on any atom is -0.355 e. The molecular formula is C8H11NO. The lowest BCUT2D eigenvalue weighted by Gasteiger charge is -1.94. The van der Waals surface area contributed by atoms with E-state index in [9.17, 15) is 4.79 Å². The molecule has 0 aromatic carbocycles. The van der Waals surface area contributed by atoms with E-state index in [1.807, 2.05) is 0 Å². The number of rotatable bonds is 3. The summed E-state index contributed by atoms with van der Waals surface area (Å²) in [6.45, 7) is 6.97. The summed E-state index contributed by atoms with van der Waals surface area (Å²) in [5, 5.41) is 2.45. The van der Waals surface area contributed by atoms with Gasteiger partial charge in [0.2, 0.25) is 5.91 Å². The predicted octanol–water partition coefficient (Wildman–Crippen LogP) is 1.03. The summed E-state index contributed by atoms with van der Waals surface area (Å²) in [7, 11) is 1.56. The van der Waals surface area contributed by atoms with Crippen molar-refractivity contribution in [3.63, 3.8) is 0 Å². The second-order valence-electron chi connectivity index (χ2n) is 1.70. The highest BCUT2D eigenvalue weighted by molar-refractivity contribution is 5.95. The number of likely N-dealkylation sites (N-methyl/N-ethyl adjacent to an activating group) is 1. The fourth-order valence-electron chi connectivity index (χ4n) is 0.420. The fraction of sp³-hybridized carbons (Fsp3) is 0.125. The third kappa shape index (κ3) is 2.87. The van der Waals surface area contributed by atoms with Gasteiger partial charge in [-0.2, -0.15) is 0 Å². The molecule has 2 nitrogen and oxygen atoms in total. The topological polar surface area (TPSA) is 29.1 Å². The van der Waals surface area contributed by atoms with Crippen LogP contribution in [0.1, 0.15) is 0 Å². The van der Waals surface area contributed by atoms with Crippen molar-refractivity contribution in [1.29, 1.82) is 0 Å². The van der Waals surface area contributed by atoms with E-state index in [1.54, 1.807) is 25.3 Å². The van der Waals surface area contributed by atoms with Crippen LogP contribution < -0.4 is 5.32 Å². The second-order valence-corrected chi connectivity index (χ2v) is 1.70. The van der Waals surface area contributed by atoms with E-state index in [2.05, 4.69) is 18.5 Å². The van der Waals surface area contributed by atoms with E-state index in [0.717, 1.165) is 0 Å². The highest BCUT2D eigenvalue weighted by Gasteiger charge is 1.96. The largest absolute Gasteiger partial charge is 0.355 e. The second kappa shape index (κ2) is 4.56. The molecule has 0 fully saturated rings. The monoisotopic (exact) mass is 137 g/mol. The highest BCUT2D eigenvalue weighted by Crippen LogP contribution is 1.91. The van der Waals surface area contributed by atoms with Crippen molar-refractivity contribution in [3.05, 3.63) is 37.0 Å². The molecule has 0 unspecified atom stereocenters. The zero-order valence-electron chi connectivity index (χ0n) is 6.05. The maximum Gasteiger partial charge on any atom is 0.250 e. The van der Waals surface area contributed by atoms with E-state index in [-0.39, 0.29) is 5.91 Å². The molecule has 0 aliphatic rings. The van der Waals surface area contributed by atoms with Crippen LogP contribution in [0.2, 0.25) is 0 Å². The van der Waals surface area contributed by atoms with Crippen molar-refractivity contribution < 1.29 is 4.79 Å². The van der Waals surface area contributed by atoms with Gasteiger partial charge in [0.1, 0.15) is 0 Å².